The number of nitrogens with one attached hydrogen (secondary N) is 1. The Balaban J connectivity index is 1.64. The molecule has 1 atom stereocenters. The first-order valence-electron chi connectivity index (χ1n) is 8.93. The second kappa shape index (κ2) is 7.54. The number of amides is 1. The Morgan fingerprint density at radius 1 is 1.23 bits per heavy atom. The molecule has 2 aliphatic heterocycles. The van der Waals surface area contributed by atoms with Crippen LogP contribution in [0.4, 0.5) is 0 Å². The summed E-state index contributed by atoms with van der Waals surface area (Å²) in [6.07, 6.45) is 7.11. The van der Waals surface area contributed by atoms with Gasteiger partial charge in [0.15, 0.2) is 0 Å². The van der Waals surface area contributed by atoms with Gasteiger partial charge in [-0.1, -0.05) is 12.8 Å². The van der Waals surface area contributed by atoms with Crippen LogP contribution < -0.4 is 5.32 Å². The van der Waals surface area contributed by atoms with Crippen molar-refractivity contribution in [1.29, 1.82) is 0 Å². The zero-order chi connectivity index (χ0) is 15.4. The molecule has 0 aromatic heterocycles. The van der Waals surface area contributed by atoms with Crippen molar-refractivity contribution in [2.24, 2.45) is 5.92 Å². The van der Waals surface area contributed by atoms with Crippen LogP contribution in [0.2, 0.25) is 0 Å². The second-order valence-corrected chi connectivity index (χ2v) is 8.25. The number of hydrogen-bond donors (Lipinski definition) is 1. The van der Waals surface area contributed by atoms with Gasteiger partial charge in [-0.25, -0.2) is 0 Å². The Morgan fingerprint density at radius 2 is 1.86 bits per heavy atom. The summed E-state index contributed by atoms with van der Waals surface area (Å²) in [7, 11) is 0. The predicted molar refractivity (Wildman–Crippen MR) is 91.2 cm³/mol. The molecular weight excluding hydrogens is 296 g/mol. The number of carbonyl (C=O) groups excluding carboxylic acids is 1. The zero-order valence-electron chi connectivity index (χ0n) is 13.8. The van der Waals surface area contributed by atoms with Crippen LogP contribution in [0.1, 0.15) is 45.4 Å². The first-order chi connectivity index (χ1) is 10.7. The third-order valence-electron chi connectivity index (χ3n) is 5.87. The summed E-state index contributed by atoms with van der Waals surface area (Å²) in [6, 6.07) is 0.246. The summed E-state index contributed by atoms with van der Waals surface area (Å²) < 4.78 is 5.53. The van der Waals surface area contributed by atoms with Crippen LogP contribution in [0.5, 0.6) is 0 Å². The van der Waals surface area contributed by atoms with Crippen LogP contribution >= 0.6 is 11.8 Å². The predicted octanol–water partition coefficient (Wildman–Crippen LogP) is 2.28. The smallest absolute Gasteiger partial charge is 0.223 e. The lowest BCUT2D eigenvalue weighted by Crippen LogP contribution is -2.62. The van der Waals surface area contributed by atoms with Gasteiger partial charge in [0.25, 0.3) is 0 Å². The standard InChI is InChI=1S/C17H30N2O2S/c1-14(18-16(20)15-4-12-22-13-5-15)17(6-2-3-7-17)19-8-10-21-11-9-19/h14-15H,2-13H2,1H3,(H,18,20). The number of ether oxygens (including phenoxy) is 1. The van der Waals surface area contributed by atoms with Gasteiger partial charge in [-0.2, -0.15) is 11.8 Å². The molecule has 0 aromatic carbocycles. The molecule has 126 valence electrons. The first-order valence-corrected chi connectivity index (χ1v) is 10.1. The second-order valence-electron chi connectivity index (χ2n) is 7.03. The maximum absolute atomic E-state index is 12.6. The van der Waals surface area contributed by atoms with E-state index in [4.69, 9.17) is 4.74 Å². The number of morpholine rings is 1. The van der Waals surface area contributed by atoms with E-state index in [0.717, 1.165) is 50.7 Å². The molecule has 1 N–H and O–H groups in total. The molecule has 0 bridgehead atoms. The topological polar surface area (TPSA) is 41.6 Å². The molecular formula is C17H30N2O2S. The SMILES string of the molecule is CC(NC(=O)C1CCSCC1)C1(N2CCOCC2)CCCC1. The normalized spacial score (nSPS) is 28.4. The minimum atomic E-state index is 0.170. The molecule has 3 aliphatic rings. The Morgan fingerprint density at radius 3 is 2.50 bits per heavy atom. The van der Waals surface area contributed by atoms with E-state index in [1.54, 1.807) is 0 Å². The van der Waals surface area contributed by atoms with Crippen molar-refractivity contribution < 1.29 is 9.53 Å². The van der Waals surface area contributed by atoms with E-state index in [0.29, 0.717) is 5.91 Å². The number of hydrogen-bond acceptors (Lipinski definition) is 4. The van der Waals surface area contributed by atoms with E-state index in [-0.39, 0.29) is 17.5 Å². The molecule has 3 rings (SSSR count). The lowest BCUT2D eigenvalue weighted by Gasteiger charge is -2.47. The third kappa shape index (κ3) is 3.46. The van der Waals surface area contributed by atoms with E-state index in [2.05, 4.69) is 17.1 Å². The first kappa shape index (κ1) is 16.6. The highest BCUT2D eigenvalue weighted by molar-refractivity contribution is 7.99. The van der Waals surface area contributed by atoms with Gasteiger partial charge in [-0.05, 0) is 44.1 Å². The summed E-state index contributed by atoms with van der Waals surface area (Å²) in [5.41, 5.74) is 0.170. The van der Waals surface area contributed by atoms with Crippen LogP contribution in [-0.4, -0.2) is 60.2 Å². The van der Waals surface area contributed by atoms with Crippen molar-refractivity contribution in [1.82, 2.24) is 10.2 Å². The number of carbonyl (C=O) groups is 1. The van der Waals surface area contributed by atoms with Crippen molar-refractivity contribution in [2.45, 2.75) is 57.0 Å². The number of nitrogens with zero attached hydrogens (tertiary/aromatic N) is 1. The molecule has 1 amide bonds. The van der Waals surface area contributed by atoms with E-state index in [1.165, 1.54) is 25.7 Å². The maximum atomic E-state index is 12.6. The molecule has 0 spiro atoms. The minimum absolute atomic E-state index is 0.170. The lowest BCUT2D eigenvalue weighted by molar-refractivity contribution is -0.127. The molecule has 0 radical (unpaired) electrons. The molecule has 3 fully saturated rings. The average Bonchev–Trinajstić information content (AvgIpc) is 3.07. The van der Waals surface area contributed by atoms with Crippen LogP contribution in [0.15, 0.2) is 0 Å². The maximum Gasteiger partial charge on any atom is 0.223 e. The van der Waals surface area contributed by atoms with Gasteiger partial charge in [0.05, 0.1) is 13.2 Å². The van der Waals surface area contributed by atoms with Crippen molar-refractivity contribution >= 4 is 17.7 Å². The molecule has 5 heteroatoms. The Kier molecular flexibility index (Phi) is 5.69. The van der Waals surface area contributed by atoms with Crippen LogP contribution in [0, 0.1) is 5.92 Å². The molecule has 2 heterocycles. The summed E-state index contributed by atoms with van der Waals surface area (Å²) in [5.74, 6) is 2.82. The average molecular weight is 327 g/mol. The van der Waals surface area contributed by atoms with Crippen LogP contribution in [-0.2, 0) is 9.53 Å². The highest BCUT2D eigenvalue weighted by Crippen LogP contribution is 2.39. The monoisotopic (exact) mass is 326 g/mol. The van der Waals surface area contributed by atoms with Gasteiger partial charge in [0.2, 0.25) is 5.91 Å². The summed E-state index contributed by atoms with van der Waals surface area (Å²) in [4.78, 5) is 15.2. The van der Waals surface area contributed by atoms with Crippen molar-refractivity contribution in [3.8, 4) is 0 Å². The fraction of sp³-hybridized carbons (Fsp3) is 0.941. The third-order valence-corrected chi connectivity index (χ3v) is 6.92. The molecule has 22 heavy (non-hydrogen) atoms. The van der Waals surface area contributed by atoms with E-state index in [1.807, 2.05) is 11.8 Å². The fourth-order valence-corrected chi connectivity index (χ4v) is 5.55. The van der Waals surface area contributed by atoms with E-state index in [9.17, 15) is 4.79 Å². The minimum Gasteiger partial charge on any atom is -0.379 e. The van der Waals surface area contributed by atoms with Crippen LogP contribution in [0.3, 0.4) is 0 Å². The largest absolute Gasteiger partial charge is 0.379 e. The van der Waals surface area contributed by atoms with Gasteiger partial charge in [-0.15, -0.1) is 0 Å². The summed E-state index contributed by atoms with van der Waals surface area (Å²) in [6.45, 7) is 5.93. The van der Waals surface area contributed by atoms with Gasteiger partial charge in [0.1, 0.15) is 0 Å². The van der Waals surface area contributed by atoms with Gasteiger partial charge < -0.3 is 10.1 Å². The quantitative estimate of drug-likeness (QED) is 0.860. The molecule has 4 nitrogen and oxygen atoms in total. The number of thioether (sulfide) groups is 1. The molecule has 0 aromatic rings. The van der Waals surface area contributed by atoms with E-state index >= 15 is 0 Å². The van der Waals surface area contributed by atoms with Crippen molar-refractivity contribution in [3.05, 3.63) is 0 Å². The summed E-state index contributed by atoms with van der Waals surface area (Å²) >= 11 is 1.98. The van der Waals surface area contributed by atoms with E-state index < -0.39 is 0 Å². The van der Waals surface area contributed by atoms with Crippen molar-refractivity contribution in [2.75, 3.05) is 37.8 Å². The summed E-state index contributed by atoms with van der Waals surface area (Å²) in [5, 5.41) is 3.40. The molecule has 2 saturated heterocycles. The highest BCUT2D eigenvalue weighted by Gasteiger charge is 2.45. The Hall–Kier alpha value is -0.260. The molecule has 1 unspecified atom stereocenters. The van der Waals surface area contributed by atoms with Crippen LogP contribution in [0.25, 0.3) is 0 Å². The van der Waals surface area contributed by atoms with Crippen molar-refractivity contribution in [3.63, 3.8) is 0 Å². The Labute approximate surface area is 138 Å². The molecule has 1 aliphatic carbocycles. The number of rotatable bonds is 4. The fourth-order valence-electron chi connectivity index (χ4n) is 4.44. The molecule has 1 saturated carbocycles. The van der Waals surface area contributed by atoms with Gasteiger partial charge in [0, 0.05) is 30.6 Å². The van der Waals surface area contributed by atoms with Gasteiger partial charge in [-0.3, -0.25) is 9.69 Å². The zero-order valence-corrected chi connectivity index (χ0v) is 14.6. The Bertz CT molecular complexity index is 373. The van der Waals surface area contributed by atoms with Gasteiger partial charge >= 0.3 is 0 Å². The highest BCUT2D eigenvalue weighted by atomic mass is 32.2. The lowest BCUT2D eigenvalue weighted by atomic mass is 9.86.